The summed E-state index contributed by atoms with van der Waals surface area (Å²) in [7, 11) is 0. The summed E-state index contributed by atoms with van der Waals surface area (Å²) in [6.45, 7) is 10.1. The summed E-state index contributed by atoms with van der Waals surface area (Å²) in [5, 5.41) is 24.0. The highest BCUT2D eigenvalue weighted by Crippen LogP contribution is 2.55. The van der Waals surface area contributed by atoms with Crippen molar-refractivity contribution in [2.24, 2.45) is 29.1 Å². The van der Waals surface area contributed by atoms with Crippen LogP contribution in [0.25, 0.3) is 0 Å². The Morgan fingerprint density at radius 2 is 1.80 bits per heavy atom. The second-order valence-corrected chi connectivity index (χ2v) is 9.95. The van der Waals surface area contributed by atoms with Crippen molar-refractivity contribution in [2.75, 3.05) is 0 Å². The predicted octanol–water partition coefficient (Wildman–Crippen LogP) is 2.34. The Hall–Kier alpha value is -1.79. The molecule has 30 heavy (non-hydrogen) atoms. The molecular formula is C24H35NO5. The minimum atomic E-state index is -1.61. The number of Topliss-reactive ketones (excluding diaryl/α,β-unsaturated/α-hetero) is 2. The molecule has 0 bridgehead atoms. The molecule has 0 aromatic rings. The van der Waals surface area contributed by atoms with Gasteiger partial charge in [0.25, 0.3) is 0 Å². The molecule has 3 aliphatic rings. The lowest BCUT2D eigenvalue weighted by Gasteiger charge is -2.45. The van der Waals surface area contributed by atoms with Gasteiger partial charge in [-0.05, 0) is 44.9 Å². The molecule has 6 heteroatoms. The molecule has 1 spiro atoms. The van der Waals surface area contributed by atoms with E-state index in [1.807, 2.05) is 32.9 Å². The lowest BCUT2D eigenvalue weighted by Crippen LogP contribution is -2.55. The molecule has 0 aromatic heterocycles. The fraction of sp³-hybridized carbons (Fsp3) is 0.708. The lowest BCUT2D eigenvalue weighted by molar-refractivity contribution is -0.153. The van der Waals surface area contributed by atoms with Crippen molar-refractivity contribution in [2.45, 2.75) is 78.6 Å². The van der Waals surface area contributed by atoms with Gasteiger partial charge in [0.05, 0.1) is 0 Å². The van der Waals surface area contributed by atoms with Gasteiger partial charge in [0.1, 0.15) is 17.6 Å². The van der Waals surface area contributed by atoms with E-state index in [2.05, 4.69) is 19.2 Å². The van der Waals surface area contributed by atoms with E-state index in [1.54, 1.807) is 0 Å². The van der Waals surface area contributed by atoms with E-state index in [1.165, 1.54) is 0 Å². The summed E-state index contributed by atoms with van der Waals surface area (Å²) in [5.41, 5.74) is 0.616. The molecule has 3 N–H and O–H groups in total. The molecule has 7 atom stereocenters. The van der Waals surface area contributed by atoms with Crippen LogP contribution >= 0.6 is 0 Å². The maximum Gasteiger partial charge on any atom is 0.235 e. The Bertz CT molecular complexity index is 797. The molecule has 1 amide bonds. The molecule has 0 aromatic carbocycles. The minimum Gasteiger partial charge on any atom is -0.385 e. The number of aliphatic hydroxyl groups excluding tert-OH is 2. The van der Waals surface area contributed by atoms with Crippen LogP contribution in [0.3, 0.4) is 0 Å². The smallest absolute Gasteiger partial charge is 0.235 e. The average Bonchev–Trinajstić information content (AvgIpc) is 2.94. The Morgan fingerprint density at radius 3 is 2.43 bits per heavy atom. The molecule has 1 heterocycles. The first-order chi connectivity index (χ1) is 14.0. The Labute approximate surface area is 178 Å². The standard InChI is InChI=1S/C24H35NO5/c1-12(2)8-17-21-15(5)14(4)10-16-9-13(3)6-7-18(26)19(27)11-20(28)22(29)24(16,21)23(30)25-17/h9-10,12,15-18,20-21,26,28H,6-8,11H2,1-5H3,(H,25,30)/b13-9+/t15-,16+,17+,18-,20-,21+,24+/m1/s1. The second-order valence-electron chi connectivity index (χ2n) is 9.95. The van der Waals surface area contributed by atoms with Crippen molar-refractivity contribution in [1.29, 1.82) is 0 Å². The molecule has 0 unspecified atom stereocenters. The molecule has 0 radical (unpaired) electrons. The van der Waals surface area contributed by atoms with Gasteiger partial charge < -0.3 is 15.5 Å². The van der Waals surface area contributed by atoms with Gasteiger partial charge in [0.2, 0.25) is 5.91 Å². The summed E-state index contributed by atoms with van der Waals surface area (Å²) in [4.78, 5) is 39.7. The van der Waals surface area contributed by atoms with Crippen LogP contribution in [-0.4, -0.2) is 45.9 Å². The fourth-order valence-corrected chi connectivity index (χ4v) is 5.76. The number of allylic oxidation sites excluding steroid dienone is 4. The highest BCUT2D eigenvalue weighted by molar-refractivity contribution is 6.12. The van der Waals surface area contributed by atoms with Crippen LogP contribution < -0.4 is 5.32 Å². The van der Waals surface area contributed by atoms with Crippen molar-refractivity contribution in [3.8, 4) is 0 Å². The van der Waals surface area contributed by atoms with Crippen molar-refractivity contribution in [3.63, 3.8) is 0 Å². The van der Waals surface area contributed by atoms with E-state index in [9.17, 15) is 24.6 Å². The SMILES string of the molecule is CC1=C[C@@H]2/C=C(\C)CC[C@@H](O)C(=O)C[C@@H](O)C(=O)[C@]23C(=O)N[C@@H](CC(C)C)[C@@H]3[C@@H]1C. The second kappa shape index (κ2) is 8.39. The highest BCUT2D eigenvalue weighted by atomic mass is 16.3. The zero-order valence-corrected chi connectivity index (χ0v) is 18.6. The van der Waals surface area contributed by atoms with Crippen LogP contribution in [0.1, 0.15) is 60.3 Å². The first-order valence-electron chi connectivity index (χ1n) is 11.1. The average molecular weight is 418 g/mol. The highest BCUT2D eigenvalue weighted by Gasteiger charge is 2.66. The van der Waals surface area contributed by atoms with Gasteiger partial charge in [0.15, 0.2) is 11.6 Å². The number of carbonyl (C=O) groups is 3. The van der Waals surface area contributed by atoms with E-state index in [0.29, 0.717) is 12.3 Å². The quantitative estimate of drug-likeness (QED) is 0.473. The number of ketones is 2. The van der Waals surface area contributed by atoms with E-state index < -0.39 is 41.5 Å². The molecule has 3 rings (SSSR count). The molecule has 1 fully saturated rings. The van der Waals surface area contributed by atoms with Crippen LogP contribution in [0.4, 0.5) is 0 Å². The van der Waals surface area contributed by atoms with Crippen molar-refractivity contribution >= 4 is 17.5 Å². The first kappa shape index (κ1) is 22.9. The maximum atomic E-state index is 13.8. The Balaban J connectivity index is 2.21. The predicted molar refractivity (Wildman–Crippen MR) is 113 cm³/mol. The van der Waals surface area contributed by atoms with Crippen molar-refractivity contribution < 1.29 is 24.6 Å². The number of amides is 1. The molecule has 166 valence electrons. The third kappa shape index (κ3) is 3.69. The van der Waals surface area contributed by atoms with Crippen LogP contribution in [0.5, 0.6) is 0 Å². The minimum absolute atomic E-state index is 0.0137. The third-order valence-corrected chi connectivity index (χ3v) is 7.35. The van der Waals surface area contributed by atoms with E-state index >= 15 is 0 Å². The molecule has 1 saturated heterocycles. The Kier molecular flexibility index (Phi) is 6.40. The van der Waals surface area contributed by atoms with E-state index in [0.717, 1.165) is 17.6 Å². The summed E-state index contributed by atoms with van der Waals surface area (Å²) < 4.78 is 0. The molecule has 6 nitrogen and oxygen atoms in total. The summed E-state index contributed by atoms with van der Waals surface area (Å²) in [5.74, 6) is -1.96. The Morgan fingerprint density at radius 1 is 1.13 bits per heavy atom. The van der Waals surface area contributed by atoms with Crippen LogP contribution in [0, 0.1) is 29.1 Å². The molecular weight excluding hydrogens is 382 g/mol. The number of aliphatic hydroxyl groups is 2. The van der Waals surface area contributed by atoms with Gasteiger partial charge in [-0.2, -0.15) is 0 Å². The third-order valence-electron chi connectivity index (χ3n) is 7.35. The molecule has 1 aliphatic heterocycles. The van der Waals surface area contributed by atoms with Gasteiger partial charge in [-0.3, -0.25) is 14.4 Å². The topological polar surface area (TPSA) is 104 Å². The summed E-state index contributed by atoms with van der Waals surface area (Å²) in [6, 6.07) is -0.171. The van der Waals surface area contributed by atoms with E-state index in [4.69, 9.17) is 0 Å². The van der Waals surface area contributed by atoms with Gasteiger partial charge in [-0.1, -0.05) is 44.1 Å². The number of hydrogen-bond acceptors (Lipinski definition) is 5. The monoisotopic (exact) mass is 417 g/mol. The van der Waals surface area contributed by atoms with Crippen LogP contribution in [-0.2, 0) is 14.4 Å². The van der Waals surface area contributed by atoms with Gasteiger partial charge >= 0.3 is 0 Å². The lowest BCUT2D eigenvalue weighted by atomic mass is 9.54. The molecule has 2 aliphatic carbocycles. The fourth-order valence-electron chi connectivity index (χ4n) is 5.76. The summed E-state index contributed by atoms with van der Waals surface area (Å²) in [6.07, 6.45) is 2.12. The van der Waals surface area contributed by atoms with Gasteiger partial charge in [-0.25, -0.2) is 0 Å². The van der Waals surface area contributed by atoms with Crippen LogP contribution in [0.2, 0.25) is 0 Å². The molecule has 0 saturated carbocycles. The number of hydrogen-bond donors (Lipinski definition) is 3. The van der Waals surface area contributed by atoms with Crippen molar-refractivity contribution in [1.82, 2.24) is 5.32 Å². The van der Waals surface area contributed by atoms with Crippen LogP contribution in [0.15, 0.2) is 23.3 Å². The van der Waals surface area contributed by atoms with Gasteiger partial charge in [0, 0.05) is 24.3 Å². The van der Waals surface area contributed by atoms with Gasteiger partial charge in [-0.15, -0.1) is 0 Å². The zero-order chi connectivity index (χ0) is 22.4. The number of nitrogens with one attached hydrogen (secondary N) is 1. The largest absolute Gasteiger partial charge is 0.385 e. The first-order valence-corrected chi connectivity index (χ1v) is 11.1. The number of carbonyl (C=O) groups excluding carboxylic acids is 3. The van der Waals surface area contributed by atoms with Crippen molar-refractivity contribution in [3.05, 3.63) is 23.3 Å². The summed E-state index contributed by atoms with van der Waals surface area (Å²) >= 11 is 0. The zero-order valence-electron chi connectivity index (χ0n) is 18.6. The van der Waals surface area contributed by atoms with E-state index in [-0.39, 0.29) is 30.2 Å². The number of rotatable bonds is 2. The normalized spacial score (nSPS) is 41.9. The maximum absolute atomic E-state index is 13.8.